The Morgan fingerprint density at radius 3 is 2.02 bits per heavy atom. The SMILES string of the molecule is O=Cc1cc[c-]cc1.O=[N+]([O-])c1ccc(S(=O)(=O)[N-]c2cccc3ccc4cccnc4c23)cc1.[Pd+2].c1ccncc1. The topological polar surface area (TPSA) is 134 Å². The Morgan fingerprint density at radius 2 is 1.45 bits per heavy atom. The second kappa shape index (κ2) is 15.3. The number of nitrogens with zero attached hydrogens (tertiary/aromatic N) is 4. The Morgan fingerprint density at radius 1 is 0.786 bits per heavy atom. The molecule has 6 rings (SSSR count). The van der Waals surface area contributed by atoms with Crippen molar-refractivity contribution in [3.05, 3.63) is 154 Å². The van der Waals surface area contributed by atoms with Crippen molar-refractivity contribution in [2.45, 2.75) is 4.90 Å². The molecule has 0 fully saturated rings. The summed E-state index contributed by atoms with van der Waals surface area (Å²) < 4.78 is 29.4. The molecular weight excluding hydrogens is 647 g/mol. The van der Waals surface area contributed by atoms with Crippen molar-refractivity contribution in [1.29, 1.82) is 0 Å². The number of rotatable bonds is 5. The first-order valence-corrected chi connectivity index (χ1v) is 13.6. The number of benzene rings is 4. The minimum Gasteiger partial charge on any atom is -0.572 e. The quantitative estimate of drug-likeness (QED) is 0.0479. The van der Waals surface area contributed by atoms with E-state index in [4.69, 9.17) is 0 Å². The molecule has 2 aromatic heterocycles. The normalized spacial score (nSPS) is 10.2. The molecule has 0 saturated carbocycles. The van der Waals surface area contributed by atoms with E-state index in [1.807, 2.05) is 48.5 Å². The van der Waals surface area contributed by atoms with Crippen molar-refractivity contribution in [2.75, 3.05) is 0 Å². The molecule has 6 aromatic rings. The maximum atomic E-state index is 12.7. The summed E-state index contributed by atoms with van der Waals surface area (Å²) in [7, 11) is -4.04. The summed E-state index contributed by atoms with van der Waals surface area (Å²) in [5.74, 6) is 0. The monoisotopic (exact) mass is 668 g/mol. The molecule has 0 aliphatic heterocycles. The van der Waals surface area contributed by atoms with Crippen LogP contribution in [0.4, 0.5) is 11.4 Å². The van der Waals surface area contributed by atoms with Crippen LogP contribution >= 0.6 is 0 Å². The van der Waals surface area contributed by atoms with E-state index < -0.39 is 14.9 Å². The van der Waals surface area contributed by atoms with E-state index in [9.17, 15) is 23.3 Å². The Balaban J connectivity index is 0.000000264. The van der Waals surface area contributed by atoms with E-state index >= 15 is 0 Å². The van der Waals surface area contributed by atoms with E-state index in [-0.39, 0.29) is 36.7 Å². The first-order chi connectivity index (χ1) is 19.9. The number of pyridine rings is 2. The second-order valence-electron chi connectivity index (χ2n) is 8.31. The van der Waals surface area contributed by atoms with Crippen LogP contribution in [0, 0.1) is 16.2 Å². The molecule has 0 N–H and O–H groups in total. The molecule has 0 spiro atoms. The minimum atomic E-state index is -4.04. The Hall–Kier alpha value is -4.82. The molecule has 42 heavy (non-hydrogen) atoms. The van der Waals surface area contributed by atoms with Gasteiger partial charge in [0.05, 0.1) is 15.3 Å². The van der Waals surface area contributed by atoms with Crippen molar-refractivity contribution < 1.29 is 38.6 Å². The van der Waals surface area contributed by atoms with Gasteiger partial charge in [0, 0.05) is 36.1 Å². The fourth-order valence-electron chi connectivity index (χ4n) is 3.68. The van der Waals surface area contributed by atoms with E-state index in [2.05, 4.69) is 20.8 Å². The van der Waals surface area contributed by atoms with E-state index in [1.54, 1.807) is 55.0 Å². The van der Waals surface area contributed by atoms with Crippen LogP contribution in [0.3, 0.4) is 0 Å². The molecule has 212 valence electrons. The smallest absolute Gasteiger partial charge is 0.572 e. The number of fused-ring (bicyclic) bond motifs is 3. The fourth-order valence-corrected chi connectivity index (χ4v) is 4.68. The predicted molar refractivity (Wildman–Crippen MR) is 157 cm³/mol. The first kappa shape index (κ1) is 31.7. The van der Waals surface area contributed by atoms with Crippen LogP contribution in [-0.4, -0.2) is 29.6 Å². The van der Waals surface area contributed by atoms with Gasteiger partial charge in [0.2, 0.25) is 0 Å². The summed E-state index contributed by atoms with van der Waals surface area (Å²) in [6, 6.07) is 32.7. The molecule has 0 aliphatic rings. The third-order valence-electron chi connectivity index (χ3n) is 5.60. The van der Waals surface area contributed by atoms with Gasteiger partial charge in [0.1, 0.15) is 16.3 Å². The number of aromatic nitrogens is 2. The molecule has 11 heteroatoms. The molecule has 0 amide bonds. The Bertz CT molecular complexity index is 1850. The molecule has 0 bridgehead atoms. The number of nitro benzene ring substituents is 1. The van der Waals surface area contributed by atoms with Gasteiger partial charge in [-0.1, -0.05) is 48.0 Å². The minimum absolute atomic E-state index is 0. The Labute approximate surface area is 256 Å². The second-order valence-corrected chi connectivity index (χ2v) is 9.91. The summed E-state index contributed by atoms with van der Waals surface area (Å²) in [5.41, 5.74) is 1.45. The van der Waals surface area contributed by atoms with Crippen molar-refractivity contribution in [1.82, 2.24) is 9.97 Å². The molecular formula is C31H22N4O5PdS. The van der Waals surface area contributed by atoms with Gasteiger partial charge in [-0.3, -0.25) is 20.1 Å². The standard InChI is InChI=1S/C19H12N3O4S.C7H5O.C5H5N.Pd/c23-22(24)15-8-10-16(11-9-15)27(25,26)21-17-5-1-3-13-6-7-14-4-2-12-20-19(14)18(13)17;8-6-7-4-2-1-3-5-7;1-2-4-6-5-3-1;/h1-12H;2-6H;1-5H;/q2*-1;;+2. The van der Waals surface area contributed by atoms with Crippen LogP contribution in [-0.2, 0) is 30.4 Å². The summed E-state index contributed by atoms with van der Waals surface area (Å²) >= 11 is 0. The zero-order valence-corrected chi connectivity index (χ0v) is 24.1. The van der Waals surface area contributed by atoms with Crippen LogP contribution in [0.1, 0.15) is 10.4 Å². The molecule has 0 atom stereocenters. The summed E-state index contributed by atoms with van der Waals surface area (Å²) in [6.07, 6.45) is 5.96. The zero-order valence-electron chi connectivity index (χ0n) is 21.8. The fraction of sp³-hybridized carbons (Fsp3) is 0. The average Bonchev–Trinajstić information content (AvgIpc) is 3.03. The van der Waals surface area contributed by atoms with Crippen molar-refractivity contribution in [3.63, 3.8) is 0 Å². The van der Waals surface area contributed by atoms with Gasteiger partial charge in [-0.2, -0.15) is 30.3 Å². The van der Waals surface area contributed by atoms with Crippen molar-refractivity contribution in [3.8, 4) is 0 Å². The van der Waals surface area contributed by atoms with Crippen molar-refractivity contribution >= 4 is 49.4 Å². The molecule has 0 unspecified atom stereocenters. The number of sulfonamides is 1. The molecule has 9 nitrogen and oxygen atoms in total. The third-order valence-corrected chi connectivity index (χ3v) is 6.91. The number of carbonyl (C=O) groups excluding carboxylic acids is 1. The zero-order chi connectivity index (χ0) is 29.1. The summed E-state index contributed by atoms with van der Waals surface area (Å²) in [5, 5.41) is 13.1. The van der Waals surface area contributed by atoms with E-state index in [0.29, 0.717) is 16.5 Å². The van der Waals surface area contributed by atoms with Gasteiger partial charge in [0.15, 0.2) is 0 Å². The first-order valence-electron chi connectivity index (χ1n) is 12.1. The average molecular weight is 669 g/mol. The summed E-state index contributed by atoms with van der Waals surface area (Å²) in [6.45, 7) is 0. The van der Waals surface area contributed by atoms with Crippen molar-refractivity contribution in [2.24, 2.45) is 0 Å². The van der Waals surface area contributed by atoms with Crippen LogP contribution in [0.25, 0.3) is 26.4 Å². The number of hydrogen-bond donors (Lipinski definition) is 0. The van der Waals surface area contributed by atoms with Crippen LogP contribution < -0.4 is 0 Å². The number of non-ortho nitro benzene ring substituents is 1. The number of carbonyl (C=O) groups is 1. The molecule has 0 aliphatic carbocycles. The number of nitro groups is 1. The van der Waals surface area contributed by atoms with E-state index in [0.717, 1.165) is 29.2 Å². The molecule has 0 radical (unpaired) electrons. The number of aldehydes is 1. The molecule has 0 saturated heterocycles. The van der Waals surface area contributed by atoms with E-state index in [1.165, 1.54) is 12.1 Å². The largest absolute Gasteiger partial charge is 2.00 e. The number of hydrogen-bond acceptors (Lipinski definition) is 7. The molecule has 4 aromatic carbocycles. The molecule has 2 heterocycles. The maximum absolute atomic E-state index is 12.7. The Kier molecular flexibility index (Phi) is 11.5. The van der Waals surface area contributed by atoms with Gasteiger partial charge in [-0.15, -0.1) is 5.69 Å². The predicted octanol–water partition coefficient (Wildman–Crippen LogP) is 7.07. The van der Waals surface area contributed by atoms with Gasteiger partial charge < -0.3 is 9.52 Å². The van der Waals surface area contributed by atoms with Crippen LogP contribution in [0.5, 0.6) is 0 Å². The maximum Gasteiger partial charge on any atom is 2.00 e. The van der Waals surface area contributed by atoms with Gasteiger partial charge in [0.25, 0.3) is 5.69 Å². The van der Waals surface area contributed by atoms with Gasteiger partial charge >= 0.3 is 20.4 Å². The van der Waals surface area contributed by atoms with Gasteiger partial charge in [-0.05, 0) is 41.1 Å². The van der Waals surface area contributed by atoms with Crippen LogP contribution in [0.15, 0.2) is 133 Å². The van der Waals surface area contributed by atoms with Gasteiger partial charge in [-0.25, -0.2) is 8.42 Å². The van der Waals surface area contributed by atoms with Crippen LogP contribution in [0.2, 0.25) is 0 Å². The third kappa shape index (κ3) is 8.35. The summed E-state index contributed by atoms with van der Waals surface area (Å²) in [4.78, 5) is 28.2.